The van der Waals surface area contributed by atoms with Crippen LogP contribution in [0, 0.1) is 0 Å². The van der Waals surface area contributed by atoms with Gasteiger partial charge in [0.25, 0.3) is 5.91 Å². The maximum absolute atomic E-state index is 12.6. The van der Waals surface area contributed by atoms with Crippen molar-refractivity contribution in [3.63, 3.8) is 0 Å². The van der Waals surface area contributed by atoms with Crippen molar-refractivity contribution in [2.24, 2.45) is 0 Å². The smallest absolute Gasteiger partial charge is 0.326 e. The summed E-state index contributed by atoms with van der Waals surface area (Å²) in [6, 6.07) is 6.36. The molecule has 0 saturated carbocycles. The number of benzene rings is 1. The van der Waals surface area contributed by atoms with E-state index < -0.39 is 12.0 Å². The van der Waals surface area contributed by atoms with Gasteiger partial charge in [0.2, 0.25) is 0 Å². The number of amides is 1. The Hall–Kier alpha value is -2.34. The molecular formula is C16H16ClN3O3. The van der Waals surface area contributed by atoms with Gasteiger partial charge >= 0.3 is 5.97 Å². The number of carboxylic acid groups (broad SMARTS) is 1. The van der Waals surface area contributed by atoms with Crippen LogP contribution < -0.4 is 0 Å². The molecule has 1 aromatic heterocycles. The van der Waals surface area contributed by atoms with Gasteiger partial charge in [0, 0.05) is 17.8 Å². The highest BCUT2D eigenvalue weighted by Crippen LogP contribution is 2.21. The van der Waals surface area contributed by atoms with E-state index in [1.54, 1.807) is 29.1 Å². The van der Waals surface area contributed by atoms with Crippen LogP contribution in [0.25, 0.3) is 5.69 Å². The SMILES string of the molecule is O=C(O)C1CCCCN1C(=O)c1cnn(-c2cccc(Cl)c2)c1. The number of carboxylic acids is 1. The summed E-state index contributed by atoms with van der Waals surface area (Å²) in [6.07, 6.45) is 5.18. The third-order valence-corrected chi connectivity index (χ3v) is 4.19. The molecule has 1 unspecified atom stereocenters. The molecule has 0 bridgehead atoms. The van der Waals surface area contributed by atoms with E-state index in [2.05, 4.69) is 5.10 Å². The van der Waals surface area contributed by atoms with Gasteiger partial charge in [-0.25, -0.2) is 9.48 Å². The molecule has 1 aromatic carbocycles. The lowest BCUT2D eigenvalue weighted by Crippen LogP contribution is -2.47. The highest BCUT2D eigenvalue weighted by Gasteiger charge is 2.32. The summed E-state index contributed by atoms with van der Waals surface area (Å²) < 4.78 is 1.55. The van der Waals surface area contributed by atoms with Crippen LogP contribution in [0.3, 0.4) is 0 Å². The monoisotopic (exact) mass is 333 g/mol. The first-order chi connectivity index (χ1) is 11.1. The number of halogens is 1. The molecule has 1 atom stereocenters. The van der Waals surface area contributed by atoms with Crippen LogP contribution in [-0.2, 0) is 4.79 Å². The van der Waals surface area contributed by atoms with E-state index in [4.69, 9.17) is 11.6 Å². The van der Waals surface area contributed by atoms with Crippen LogP contribution in [0.5, 0.6) is 0 Å². The number of nitrogens with zero attached hydrogens (tertiary/aromatic N) is 3. The van der Waals surface area contributed by atoms with Gasteiger partial charge in [-0.05, 0) is 37.5 Å². The van der Waals surface area contributed by atoms with Crippen LogP contribution in [-0.4, -0.2) is 44.3 Å². The van der Waals surface area contributed by atoms with Crippen molar-refractivity contribution in [1.29, 1.82) is 0 Å². The summed E-state index contributed by atoms with van der Waals surface area (Å²) >= 11 is 5.96. The minimum absolute atomic E-state index is 0.301. The molecule has 1 fully saturated rings. The fraction of sp³-hybridized carbons (Fsp3) is 0.312. The van der Waals surface area contributed by atoms with E-state index in [0.717, 1.165) is 18.5 Å². The molecule has 120 valence electrons. The summed E-state index contributed by atoms with van der Waals surface area (Å²) in [6.45, 7) is 0.456. The van der Waals surface area contributed by atoms with E-state index in [1.165, 1.54) is 11.1 Å². The largest absolute Gasteiger partial charge is 0.480 e. The summed E-state index contributed by atoms with van der Waals surface area (Å²) in [4.78, 5) is 25.4. The van der Waals surface area contributed by atoms with Crippen molar-refractivity contribution < 1.29 is 14.7 Å². The van der Waals surface area contributed by atoms with E-state index in [-0.39, 0.29) is 5.91 Å². The highest BCUT2D eigenvalue weighted by molar-refractivity contribution is 6.30. The maximum atomic E-state index is 12.6. The van der Waals surface area contributed by atoms with Gasteiger partial charge in [-0.3, -0.25) is 4.79 Å². The molecular weight excluding hydrogens is 318 g/mol. The van der Waals surface area contributed by atoms with Crippen molar-refractivity contribution in [1.82, 2.24) is 14.7 Å². The topological polar surface area (TPSA) is 75.4 Å². The summed E-state index contributed by atoms with van der Waals surface area (Å²) in [5.41, 5.74) is 1.11. The highest BCUT2D eigenvalue weighted by atomic mass is 35.5. The predicted octanol–water partition coefficient (Wildman–Crippen LogP) is 2.61. The molecule has 0 radical (unpaired) electrons. The third-order valence-electron chi connectivity index (χ3n) is 3.95. The minimum atomic E-state index is -0.958. The number of carbonyl (C=O) groups excluding carboxylic acids is 1. The molecule has 6 nitrogen and oxygen atoms in total. The van der Waals surface area contributed by atoms with Crippen molar-refractivity contribution in [2.45, 2.75) is 25.3 Å². The molecule has 1 N–H and O–H groups in total. The first kappa shape index (κ1) is 15.6. The van der Waals surface area contributed by atoms with Crippen LogP contribution >= 0.6 is 11.6 Å². The van der Waals surface area contributed by atoms with E-state index in [0.29, 0.717) is 23.6 Å². The second-order valence-electron chi connectivity index (χ2n) is 5.50. The van der Waals surface area contributed by atoms with Crippen molar-refractivity contribution in [3.05, 3.63) is 47.2 Å². The molecule has 1 aliphatic rings. The number of hydrogen-bond acceptors (Lipinski definition) is 3. The molecule has 0 aliphatic carbocycles. The van der Waals surface area contributed by atoms with E-state index in [1.807, 2.05) is 6.07 Å². The van der Waals surface area contributed by atoms with Crippen LogP contribution in [0.2, 0.25) is 5.02 Å². The number of likely N-dealkylation sites (tertiary alicyclic amines) is 1. The third kappa shape index (κ3) is 3.22. The van der Waals surface area contributed by atoms with Crippen molar-refractivity contribution in [3.8, 4) is 5.69 Å². The number of aliphatic carboxylic acids is 1. The zero-order valence-electron chi connectivity index (χ0n) is 12.4. The lowest BCUT2D eigenvalue weighted by molar-refractivity contribution is -0.143. The number of aromatic nitrogens is 2. The Morgan fingerprint density at radius 3 is 2.87 bits per heavy atom. The number of carbonyl (C=O) groups is 2. The van der Waals surface area contributed by atoms with Gasteiger partial charge in [0.05, 0.1) is 17.4 Å². The Morgan fingerprint density at radius 1 is 1.30 bits per heavy atom. The molecule has 2 aromatic rings. The minimum Gasteiger partial charge on any atom is -0.480 e. The standard InChI is InChI=1S/C16H16ClN3O3/c17-12-4-3-5-13(8-12)20-10-11(9-18-20)15(21)19-7-2-1-6-14(19)16(22)23/h3-5,8-10,14H,1-2,6-7H2,(H,22,23). The molecule has 7 heteroatoms. The Kier molecular flexibility index (Phi) is 4.34. The Balaban J connectivity index is 1.84. The molecule has 1 aliphatic heterocycles. The fourth-order valence-corrected chi connectivity index (χ4v) is 2.97. The van der Waals surface area contributed by atoms with E-state index in [9.17, 15) is 14.7 Å². The average Bonchev–Trinajstić information content (AvgIpc) is 3.04. The Morgan fingerprint density at radius 2 is 2.13 bits per heavy atom. The second kappa shape index (κ2) is 6.42. The maximum Gasteiger partial charge on any atom is 0.326 e. The second-order valence-corrected chi connectivity index (χ2v) is 5.94. The lowest BCUT2D eigenvalue weighted by Gasteiger charge is -2.32. The lowest BCUT2D eigenvalue weighted by atomic mass is 10.0. The van der Waals surface area contributed by atoms with Crippen LogP contribution in [0.1, 0.15) is 29.6 Å². The normalized spacial score (nSPS) is 18.0. The van der Waals surface area contributed by atoms with Gasteiger partial charge in [0.15, 0.2) is 0 Å². The average molecular weight is 334 g/mol. The van der Waals surface area contributed by atoms with Gasteiger partial charge in [-0.1, -0.05) is 17.7 Å². The van der Waals surface area contributed by atoms with Gasteiger partial charge in [-0.2, -0.15) is 5.10 Å². The Bertz CT molecular complexity index is 744. The first-order valence-electron chi connectivity index (χ1n) is 7.40. The summed E-state index contributed by atoms with van der Waals surface area (Å²) in [5.74, 6) is -1.26. The fourth-order valence-electron chi connectivity index (χ4n) is 2.79. The molecule has 23 heavy (non-hydrogen) atoms. The van der Waals surface area contributed by atoms with E-state index >= 15 is 0 Å². The zero-order chi connectivity index (χ0) is 16.4. The van der Waals surface area contributed by atoms with Crippen molar-refractivity contribution in [2.75, 3.05) is 6.54 Å². The van der Waals surface area contributed by atoms with Gasteiger partial charge in [0.1, 0.15) is 6.04 Å². The van der Waals surface area contributed by atoms with Gasteiger partial charge in [-0.15, -0.1) is 0 Å². The van der Waals surface area contributed by atoms with Crippen molar-refractivity contribution >= 4 is 23.5 Å². The number of hydrogen-bond donors (Lipinski definition) is 1. The van der Waals surface area contributed by atoms with Crippen LogP contribution in [0.4, 0.5) is 0 Å². The Labute approximate surface area is 138 Å². The number of rotatable bonds is 3. The number of piperidine rings is 1. The summed E-state index contributed by atoms with van der Waals surface area (Å²) in [7, 11) is 0. The molecule has 2 heterocycles. The predicted molar refractivity (Wildman–Crippen MR) is 84.9 cm³/mol. The first-order valence-corrected chi connectivity index (χ1v) is 7.78. The molecule has 1 amide bonds. The molecule has 0 spiro atoms. The summed E-state index contributed by atoms with van der Waals surface area (Å²) in [5, 5.41) is 14.0. The van der Waals surface area contributed by atoms with Crippen LogP contribution in [0.15, 0.2) is 36.7 Å². The quantitative estimate of drug-likeness (QED) is 0.936. The molecule has 3 rings (SSSR count). The molecule has 1 saturated heterocycles. The van der Waals surface area contributed by atoms with Gasteiger partial charge < -0.3 is 10.0 Å². The zero-order valence-corrected chi connectivity index (χ0v) is 13.1.